The number of rotatable bonds is 3. The highest BCUT2D eigenvalue weighted by atomic mass is 16.3. The maximum Gasteiger partial charge on any atom is 0.227 e. The topological polar surface area (TPSA) is 55.8 Å². The number of aliphatic hydroxyl groups is 1. The Hall–Kier alpha value is -1.59. The normalized spacial score (nSPS) is 19.1. The maximum absolute atomic E-state index is 11.9. The number of aliphatic hydroxyl groups excluding tert-OH is 1. The fraction of sp³-hybridized carbons (Fsp3) is 0.533. The van der Waals surface area contributed by atoms with Crippen molar-refractivity contribution in [2.75, 3.05) is 49.1 Å². The standard InChI is InChI=1S/C15H21N3O2/c19-10-9-18-14-3-2-13(17-7-5-16-6-8-17)11-12(14)1-4-15(18)20/h2-3,11,16,19H,1,4-10H2. The van der Waals surface area contributed by atoms with Gasteiger partial charge in [0.1, 0.15) is 0 Å². The molecule has 1 amide bonds. The van der Waals surface area contributed by atoms with Gasteiger partial charge in [0.2, 0.25) is 5.91 Å². The van der Waals surface area contributed by atoms with Crippen molar-refractivity contribution >= 4 is 17.3 Å². The number of amides is 1. The van der Waals surface area contributed by atoms with Crippen LogP contribution in [0.15, 0.2) is 18.2 Å². The van der Waals surface area contributed by atoms with E-state index in [1.54, 1.807) is 4.90 Å². The molecule has 2 aliphatic rings. The molecule has 20 heavy (non-hydrogen) atoms. The molecule has 2 heterocycles. The Balaban J connectivity index is 1.86. The van der Waals surface area contributed by atoms with E-state index in [1.807, 2.05) is 6.07 Å². The number of carbonyl (C=O) groups is 1. The first-order valence-corrected chi connectivity index (χ1v) is 7.29. The highest BCUT2D eigenvalue weighted by Gasteiger charge is 2.24. The van der Waals surface area contributed by atoms with Crippen molar-refractivity contribution in [3.63, 3.8) is 0 Å². The van der Waals surface area contributed by atoms with E-state index in [2.05, 4.69) is 22.3 Å². The summed E-state index contributed by atoms with van der Waals surface area (Å²) in [6, 6.07) is 6.32. The molecule has 0 aliphatic carbocycles. The van der Waals surface area contributed by atoms with E-state index in [0.29, 0.717) is 13.0 Å². The molecule has 1 saturated heterocycles. The average molecular weight is 275 g/mol. The van der Waals surface area contributed by atoms with Gasteiger partial charge in [-0.3, -0.25) is 4.79 Å². The number of hydrogen-bond donors (Lipinski definition) is 2. The molecule has 2 N–H and O–H groups in total. The van der Waals surface area contributed by atoms with E-state index in [4.69, 9.17) is 5.11 Å². The summed E-state index contributed by atoms with van der Waals surface area (Å²) < 4.78 is 0. The van der Waals surface area contributed by atoms with Crippen LogP contribution in [0.2, 0.25) is 0 Å². The first kappa shape index (κ1) is 13.4. The van der Waals surface area contributed by atoms with Crippen molar-refractivity contribution in [1.29, 1.82) is 0 Å². The van der Waals surface area contributed by atoms with Crippen molar-refractivity contribution in [1.82, 2.24) is 5.32 Å². The minimum atomic E-state index is 0.00469. The van der Waals surface area contributed by atoms with E-state index >= 15 is 0 Å². The van der Waals surface area contributed by atoms with Crippen LogP contribution in [0.4, 0.5) is 11.4 Å². The third kappa shape index (κ3) is 2.51. The molecule has 5 heteroatoms. The molecule has 0 aromatic heterocycles. The van der Waals surface area contributed by atoms with Gasteiger partial charge in [0.15, 0.2) is 0 Å². The molecule has 1 aromatic rings. The van der Waals surface area contributed by atoms with Gasteiger partial charge in [0.25, 0.3) is 0 Å². The zero-order valence-electron chi connectivity index (χ0n) is 11.6. The van der Waals surface area contributed by atoms with Gasteiger partial charge in [-0.25, -0.2) is 0 Å². The Bertz CT molecular complexity index is 498. The molecule has 2 aliphatic heterocycles. The summed E-state index contributed by atoms with van der Waals surface area (Å²) in [5.41, 5.74) is 3.42. The molecule has 1 aromatic carbocycles. The van der Waals surface area contributed by atoms with Crippen molar-refractivity contribution < 1.29 is 9.90 Å². The first-order chi connectivity index (χ1) is 9.79. The van der Waals surface area contributed by atoms with Gasteiger partial charge in [-0.05, 0) is 30.2 Å². The second-order valence-corrected chi connectivity index (χ2v) is 5.32. The lowest BCUT2D eigenvalue weighted by Crippen LogP contribution is -2.43. The molecule has 1 fully saturated rings. The predicted octanol–water partition coefficient (Wildman–Crippen LogP) is 0.368. The number of nitrogens with one attached hydrogen (secondary N) is 1. The lowest BCUT2D eigenvalue weighted by Gasteiger charge is -2.33. The molecule has 0 atom stereocenters. The van der Waals surface area contributed by atoms with E-state index in [-0.39, 0.29) is 12.5 Å². The molecule has 108 valence electrons. The smallest absolute Gasteiger partial charge is 0.227 e. The second kappa shape index (κ2) is 5.81. The zero-order chi connectivity index (χ0) is 13.9. The minimum Gasteiger partial charge on any atom is -0.395 e. The van der Waals surface area contributed by atoms with Crippen LogP contribution >= 0.6 is 0 Å². The van der Waals surface area contributed by atoms with Crippen molar-refractivity contribution in [3.05, 3.63) is 23.8 Å². The lowest BCUT2D eigenvalue weighted by atomic mass is 10.00. The van der Waals surface area contributed by atoms with Gasteiger partial charge in [-0.1, -0.05) is 0 Å². The molecule has 0 unspecified atom stereocenters. The minimum absolute atomic E-state index is 0.00469. The average Bonchev–Trinajstić information content (AvgIpc) is 2.51. The van der Waals surface area contributed by atoms with Gasteiger partial charge in [-0.15, -0.1) is 0 Å². The lowest BCUT2D eigenvalue weighted by molar-refractivity contribution is -0.119. The predicted molar refractivity (Wildman–Crippen MR) is 79.3 cm³/mol. The molecule has 5 nitrogen and oxygen atoms in total. The molecular formula is C15H21N3O2. The van der Waals surface area contributed by atoms with Gasteiger partial charge in [0.05, 0.1) is 6.61 Å². The van der Waals surface area contributed by atoms with Crippen LogP contribution in [0.1, 0.15) is 12.0 Å². The van der Waals surface area contributed by atoms with Gasteiger partial charge in [-0.2, -0.15) is 0 Å². The van der Waals surface area contributed by atoms with Gasteiger partial charge in [0, 0.05) is 50.5 Å². The Morgan fingerprint density at radius 2 is 2.00 bits per heavy atom. The Morgan fingerprint density at radius 1 is 1.20 bits per heavy atom. The number of nitrogens with zero attached hydrogens (tertiary/aromatic N) is 2. The molecule has 3 rings (SSSR count). The quantitative estimate of drug-likeness (QED) is 0.837. The highest BCUT2D eigenvalue weighted by Crippen LogP contribution is 2.31. The van der Waals surface area contributed by atoms with Crippen LogP contribution in [0.5, 0.6) is 0 Å². The molecule has 0 spiro atoms. The van der Waals surface area contributed by atoms with Crippen LogP contribution in [0.3, 0.4) is 0 Å². The van der Waals surface area contributed by atoms with E-state index in [1.165, 1.54) is 11.3 Å². The Kier molecular flexibility index (Phi) is 3.89. The largest absolute Gasteiger partial charge is 0.395 e. The Morgan fingerprint density at radius 3 is 2.75 bits per heavy atom. The number of fused-ring (bicyclic) bond motifs is 1. The number of anilines is 2. The number of piperazine rings is 1. The monoisotopic (exact) mass is 275 g/mol. The molecular weight excluding hydrogens is 254 g/mol. The summed E-state index contributed by atoms with van der Waals surface area (Å²) >= 11 is 0. The van der Waals surface area contributed by atoms with Crippen molar-refractivity contribution in [3.8, 4) is 0 Å². The van der Waals surface area contributed by atoms with E-state index in [9.17, 15) is 4.79 Å². The zero-order valence-corrected chi connectivity index (χ0v) is 11.6. The Labute approximate surface area is 119 Å². The third-order valence-corrected chi connectivity index (χ3v) is 4.07. The summed E-state index contributed by atoms with van der Waals surface area (Å²) in [4.78, 5) is 16.0. The maximum atomic E-state index is 11.9. The SMILES string of the molecule is O=C1CCc2cc(N3CCNCC3)ccc2N1CCO. The van der Waals surface area contributed by atoms with Crippen molar-refractivity contribution in [2.24, 2.45) is 0 Å². The summed E-state index contributed by atoms with van der Waals surface area (Å²) in [7, 11) is 0. The van der Waals surface area contributed by atoms with Gasteiger partial charge < -0.3 is 20.2 Å². The number of hydrogen-bond acceptors (Lipinski definition) is 4. The van der Waals surface area contributed by atoms with Crippen LogP contribution in [-0.4, -0.2) is 50.3 Å². The van der Waals surface area contributed by atoms with E-state index < -0.39 is 0 Å². The number of benzene rings is 1. The second-order valence-electron chi connectivity index (χ2n) is 5.32. The first-order valence-electron chi connectivity index (χ1n) is 7.29. The molecule has 0 bridgehead atoms. The molecule has 0 radical (unpaired) electrons. The van der Waals surface area contributed by atoms with Gasteiger partial charge >= 0.3 is 0 Å². The van der Waals surface area contributed by atoms with E-state index in [0.717, 1.165) is 38.3 Å². The van der Waals surface area contributed by atoms with Crippen LogP contribution in [-0.2, 0) is 11.2 Å². The van der Waals surface area contributed by atoms with Crippen LogP contribution < -0.4 is 15.1 Å². The number of β-amino-alcohol motifs (C(OH)–C–C–N with tert-alkyl or cyclic N) is 1. The van der Waals surface area contributed by atoms with Crippen molar-refractivity contribution in [2.45, 2.75) is 12.8 Å². The number of aryl methyl sites for hydroxylation is 1. The van der Waals surface area contributed by atoms with Crippen LogP contribution in [0.25, 0.3) is 0 Å². The third-order valence-electron chi connectivity index (χ3n) is 4.07. The fourth-order valence-corrected chi connectivity index (χ4v) is 3.01. The summed E-state index contributed by atoms with van der Waals surface area (Å²) in [6.45, 7) is 4.48. The fourth-order valence-electron chi connectivity index (χ4n) is 3.01. The highest BCUT2D eigenvalue weighted by molar-refractivity contribution is 5.96. The van der Waals surface area contributed by atoms with Crippen LogP contribution in [0, 0.1) is 0 Å². The summed E-state index contributed by atoms with van der Waals surface area (Å²) in [5.74, 6) is 0.112. The summed E-state index contributed by atoms with van der Waals surface area (Å²) in [5, 5.41) is 12.5. The number of carbonyl (C=O) groups excluding carboxylic acids is 1. The summed E-state index contributed by atoms with van der Waals surface area (Å²) in [6.07, 6.45) is 1.34. The molecule has 0 saturated carbocycles.